The molecular weight excluding hydrogens is 333 g/mol. The molecule has 0 saturated heterocycles. The fourth-order valence-electron chi connectivity index (χ4n) is 2.64. The van der Waals surface area contributed by atoms with Gasteiger partial charge in [-0.1, -0.05) is 25.1 Å². The molecule has 1 aromatic carbocycles. The van der Waals surface area contributed by atoms with Gasteiger partial charge in [-0.2, -0.15) is 4.76 Å². The Balaban J connectivity index is 2.18. The fraction of sp³-hybridized carbons (Fsp3) is 0.312. The van der Waals surface area contributed by atoms with Gasteiger partial charge in [0.25, 0.3) is 0 Å². The number of hydrogen-bond donors (Lipinski definition) is 5. The Morgan fingerprint density at radius 1 is 1.29 bits per heavy atom. The molecule has 7 nitrogen and oxygen atoms in total. The third-order valence-corrected chi connectivity index (χ3v) is 4.30. The van der Waals surface area contributed by atoms with Crippen molar-refractivity contribution in [3.8, 4) is 5.75 Å². The number of aliphatic hydroxyl groups excluding tert-OH is 2. The van der Waals surface area contributed by atoms with Crippen LogP contribution in [0, 0.1) is 5.92 Å². The van der Waals surface area contributed by atoms with Crippen LogP contribution in [0.1, 0.15) is 24.8 Å². The van der Waals surface area contributed by atoms with Crippen LogP contribution in [0.3, 0.4) is 0 Å². The predicted molar refractivity (Wildman–Crippen MR) is 90.0 cm³/mol. The maximum atomic E-state index is 11.1. The quantitative estimate of drug-likeness (QED) is 0.517. The van der Waals surface area contributed by atoms with E-state index >= 15 is 0 Å². The van der Waals surface area contributed by atoms with E-state index in [1.54, 1.807) is 18.2 Å². The van der Waals surface area contributed by atoms with E-state index in [0.29, 0.717) is 0 Å². The van der Waals surface area contributed by atoms with Crippen LogP contribution in [0.25, 0.3) is 0 Å². The molecule has 0 saturated carbocycles. The fourth-order valence-corrected chi connectivity index (χ4v) is 3.14. The van der Waals surface area contributed by atoms with E-state index in [-0.39, 0.29) is 29.6 Å². The normalized spacial score (nSPS) is 22.2. The van der Waals surface area contributed by atoms with Crippen molar-refractivity contribution in [3.63, 3.8) is 0 Å². The lowest BCUT2D eigenvalue weighted by Gasteiger charge is -2.25. The zero-order chi connectivity index (χ0) is 17.9. The highest BCUT2D eigenvalue weighted by molar-refractivity contribution is 7.50. The van der Waals surface area contributed by atoms with Crippen molar-refractivity contribution in [2.75, 3.05) is 0 Å². The number of aromatic hydroxyl groups is 1. The Kier molecular flexibility index (Phi) is 5.62. The maximum absolute atomic E-state index is 11.1. The molecule has 1 aliphatic rings. The minimum atomic E-state index is -4.68. The molecule has 0 radical (unpaired) electrons. The molecule has 0 heterocycles. The second kappa shape index (κ2) is 7.32. The summed E-state index contributed by atoms with van der Waals surface area (Å²) in [6.07, 6.45) is 3.27. The molecule has 1 aromatic rings. The van der Waals surface area contributed by atoms with Gasteiger partial charge in [-0.3, -0.25) is 0 Å². The Morgan fingerprint density at radius 3 is 2.62 bits per heavy atom. The number of benzene rings is 1. The summed E-state index contributed by atoms with van der Waals surface area (Å²) in [5.74, 6) is -0.903. The van der Waals surface area contributed by atoms with Crippen LogP contribution in [0.4, 0.5) is 0 Å². The molecule has 2 rings (SSSR count). The van der Waals surface area contributed by atoms with Crippen LogP contribution in [0.5, 0.6) is 5.75 Å². The van der Waals surface area contributed by atoms with Gasteiger partial charge in [0.1, 0.15) is 11.5 Å². The van der Waals surface area contributed by atoms with Crippen LogP contribution in [-0.4, -0.2) is 36.9 Å². The van der Waals surface area contributed by atoms with Gasteiger partial charge in [0.05, 0.1) is 11.8 Å². The van der Waals surface area contributed by atoms with E-state index in [4.69, 9.17) is 9.79 Å². The van der Waals surface area contributed by atoms with Crippen molar-refractivity contribution >= 4 is 13.5 Å². The number of rotatable bonds is 5. The molecule has 24 heavy (non-hydrogen) atoms. The van der Waals surface area contributed by atoms with Crippen LogP contribution in [-0.2, 0) is 4.57 Å². The number of aliphatic hydroxyl groups is 2. The van der Waals surface area contributed by atoms with Crippen molar-refractivity contribution in [1.82, 2.24) is 0 Å². The van der Waals surface area contributed by atoms with Crippen LogP contribution < -0.4 is 0 Å². The SMILES string of the molecule is CC(CC(O)C1C=CC(O)=CC1=NP(=O)(O)O)c1cccc(O)c1. The molecule has 0 amide bonds. The van der Waals surface area contributed by atoms with Gasteiger partial charge >= 0.3 is 7.75 Å². The molecule has 130 valence electrons. The number of phenolic OH excluding ortho intramolecular Hbond substituents is 1. The second-order valence-electron chi connectivity index (χ2n) is 5.79. The van der Waals surface area contributed by atoms with Gasteiger partial charge < -0.3 is 25.1 Å². The molecule has 5 N–H and O–H groups in total. The molecule has 0 aromatic heterocycles. The molecule has 8 heteroatoms. The highest BCUT2D eigenvalue weighted by atomic mass is 31.2. The predicted octanol–water partition coefficient (Wildman–Crippen LogP) is 2.41. The van der Waals surface area contributed by atoms with Crippen molar-refractivity contribution in [3.05, 3.63) is 53.8 Å². The monoisotopic (exact) mass is 353 g/mol. The zero-order valence-corrected chi connectivity index (χ0v) is 13.9. The minimum absolute atomic E-state index is 0.0704. The van der Waals surface area contributed by atoms with Crippen molar-refractivity contribution in [2.24, 2.45) is 10.7 Å². The first-order valence-corrected chi connectivity index (χ1v) is 8.94. The molecule has 3 unspecified atom stereocenters. The van der Waals surface area contributed by atoms with E-state index < -0.39 is 19.8 Å². The van der Waals surface area contributed by atoms with E-state index in [1.165, 1.54) is 12.2 Å². The van der Waals surface area contributed by atoms with E-state index in [9.17, 15) is 19.9 Å². The highest BCUT2D eigenvalue weighted by Gasteiger charge is 2.28. The molecule has 0 fully saturated rings. The first-order chi connectivity index (χ1) is 11.2. The first-order valence-electron chi connectivity index (χ1n) is 7.37. The summed E-state index contributed by atoms with van der Waals surface area (Å²) in [6, 6.07) is 6.68. The lowest BCUT2D eigenvalue weighted by Crippen LogP contribution is -2.28. The maximum Gasteiger partial charge on any atom is 0.448 e. The molecule has 0 aliphatic heterocycles. The minimum Gasteiger partial charge on any atom is -0.508 e. The molecular formula is C16H20NO6P. The van der Waals surface area contributed by atoms with Gasteiger partial charge in [0, 0.05) is 12.0 Å². The zero-order valence-electron chi connectivity index (χ0n) is 13.0. The van der Waals surface area contributed by atoms with E-state index in [0.717, 1.165) is 11.6 Å². The number of allylic oxidation sites excluding steroid dienone is 2. The largest absolute Gasteiger partial charge is 0.508 e. The standard InChI is InChI=1S/C16H20NO6P/c1-10(11-3-2-4-12(18)8-11)7-16(20)14-6-5-13(19)9-15(14)17-24(21,22)23/h2-6,8-10,14,16,18-20H,7H2,1H3,(H2,21,22,23). The number of nitrogens with zero attached hydrogens (tertiary/aromatic N) is 1. The van der Waals surface area contributed by atoms with Crippen molar-refractivity contribution in [2.45, 2.75) is 25.4 Å². The lowest BCUT2D eigenvalue weighted by atomic mass is 9.85. The molecule has 1 aliphatic carbocycles. The van der Waals surface area contributed by atoms with Gasteiger partial charge in [-0.25, -0.2) is 4.57 Å². The van der Waals surface area contributed by atoms with E-state index in [1.807, 2.05) is 13.0 Å². The van der Waals surface area contributed by atoms with E-state index in [2.05, 4.69) is 4.76 Å². The topological polar surface area (TPSA) is 131 Å². The van der Waals surface area contributed by atoms with Crippen molar-refractivity contribution in [1.29, 1.82) is 0 Å². The van der Waals surface area contributed by atoms with Gasteiger partial charge in [0.15, 0.2) is 0 Å². The Hall–Kier alpha value is -1.92. The van der Waals surface area contributed by atoms with Crippen LogP contribution >= 0.6 is 7.75 Å². The Labute approximate surface area is 139 Å². The molecule has 0 spiro atoms. The summed E-state index contributed by atoms with van der Waals surface area (Å²) in [4.78, 5) is 18.1. The summed E-state index contributed by atoms with van der Waals surface area (Å²) >= 11 is 0. The average molecular weight is 353 g/mol. The summed E-state index contributed by atoms with van der Waals surface area (Å²) in [6.45, 7) is 1.87. The summed E-state index contributed by atoms with van der Waals surface area (Å²) in [5.41, 5.74) is 0.764. The van der Waals surface area contributed by atoms with Crippen molar-refractivity contribution < 1.29 is 29.7 Å². The van der Waals surface area contributed by atoms with Gasteiger partial charge in [0.2, 0.25) is 0 Å². The first kappa shape index (κ1) is 18.4. The molecule has 0 bridgehead atoms. The average Bonchev–Trinajstić information content (AvgIpc) is 2.45. The van der Waals surface area contributed by atoms with Gasteiger partial charge in [-0.05, 0) is 36.1 Å². The Morgan fingerprint density at radius 2 is 2.00 bits per heavy atom. The third-order valence-electron chi connectivity index (χ3n) is 3.81. The number of phenols is 1. The highest BCUT2D eigenvalue weighted by Crippen LogP contribution is 2.39. The van der Waals surface area contributed by atoms with Crippen LogP contribution in [0.15, 0.2) is 53.0 Å². The number of hydrogen-bond acceptors (Lipinski definition) is 4. The van der Waals surface area contributed by atoms with Crippen LogP contribution in [0.2, 0.25) is 0 Å². The second-order valence-corrected chi connectivity index (χ2v) is 7.02. The van der Waals surface area contributed by atoms with Gasteiger partial charge in [-0.15, -0.1) is 0 Å². The lowest BCUT2D eigenvalue weighted by molar-refractivity contribution is 0.138. The summed E-state index contributed by atoms with van der Waals surface area (Å²) in [7, 11) is -4.68. The third kappa shape index (κ3) is 5.04. The molecule has 3 atom stereocenters. The smallest absolute Gasteiger partial charge is 0.448 e. The summed E-state index contributed by atoms with van der Waals surface area (Å²) < 4.78 is 14.4. The Bertz CT molecular complexity index is 736. The summed E-state index contributed by atoms with van der Waals surface area (Å²) in [5, 5.41) is 29.5.